The lowest BCUT2D eigenvalue weighted by Crippen LogP contribution is -2.31. The Morgan fingerprint density at radius 2 is 2.12 bits per heavy atom. The second kappa shape index (κ2) is 8.19. The van der Waals surface area contributed by atoms with Crippen LogP contribution in [0.4, 0.5) is 0 Å². The summed E-state index contributed by atoms with van der Waals surface area (Å²) in [6, 6.07) is 9.51. The van der Waals surface area contributed by atoms with Crippen LogP contribution in [0.15, 0.2) is 41.1 Å². The van der Waals surface area contributed by atoms with Crippen LogP contribution in [0, 0.1) is 6.92 Å². The SMILES string of the molecule is Cc1cc(OCC(=O)OCC(=O)NCCc2c[nH]c3ccccc23)no1. The number of H-pyrrole nitrogens is 1. The van der Waals surface area contributed by atoms with Crippen LogP contribution in [-0.2, 0) is 20.7 Å². The van der Waals surface area contributed by atoms with Crippen LogP contribution in [0.1, 0.15) is 11.3 Å². The first-order chi connectivity index (χ1) is 12.6. The van der Waals surface area contributed by atoms with E-state index in [1.165, 1.54) is 0 Å². The lowest BCUT2D eigenvalue weighted by atomic mass is 10.1. The Balaban J connectivity index is 1.34. The molecule has 3 aromatic rings. The van der Waals surface area contributed by atoms with E-state index < -0.39 is 5.97 Å². The molecule has 2 N–H and O–H groups in total. The fraction of sp³-hybridized carbons (Fsp3) is 0.278. The number of ether oxygens (including phenoxy) is 2. The molecule has 0 saturated carbocycles. The van der Waals surface area contributed by atoms with E-state index in [-0.39, 0.29) is 25.0 Å². The molecule has 26 heavy (non-hydrogen) atoms. The number of nitrogens with zero attached hydrogens (tertiary/aromatic N) is 1. The monoisotopic (exact) mass is 357 g/mol. The predicted molar refractivity (Wildman–Crippen MR) is 92.7 cm³/mol. The molecule has 1 aromatic carbocycles. The maximum Gasteiger partial charge on any atom is 0.344 e. The maximum atomic E-state index is 11.8. The first-order valence-corrected chi connectivity index (χ1v) is 8.15. The van der Waals surface area contributed by atoms with Crippen LogP contribution in [0.25, 0.3) is 10.9 Å². The van der Waals surface area contributed by atoms with Crippen LogP contribution in [0.3, 0.4) is 0 Å². The number of nitrogens with one attached hydrogen (secondary N) is 2. The van der Waals surface area contributed by atoms with Gasteiger partial charge in [-0.3, -0.25) is 4.79 Å². The summed E-state index contributed by atoms with van der Waals surface area (Å²) < 4.78 is 14.7. The lowest BCUT2D eigenvalue weighted by molar-refractivity contribution is -0.150. The Bertz CT molecular complexity index is 899. The van der Waals surface area contributed by atoms with Gasteiger partial charge in [0.15, 0.2) is 13.2 Å². The summed E-state index contributed by atoms with van der Waals surface area (Å²) in [7, 11) is 0. The van der Waals surface area contributed by atoms with Crippen molar-refractivity contribution in [2.45, 2.75) is 13.3 Å². The maximum absolute atomic E-state index is 11.8. The molecule has 0 atom stereocenters. The zero-order valence-corrected chi connectivity index (χ0v) is 14.3. The molecule has 0 bridgehead atoms. The third kappa shape index (κ3) is 4.62. The fourth-order valence-corrected chi connectivity index (χ4v) is 2.46. The van der Waals surface area contributed by atoms with E-state index in [1.807, 2.05) is 30.5 Å². The number of esters is 1. The van der Waals surface area contributed by atoms with Crippen LogP contribution >= 0.6 is 0 Å². The van der Waals surface area contributed by atoms with E-state index >= 15 is 0 Å². The molecule has 0 aliphatic rings. The van der Waals surface area contributed by atoms with Crippen molar-refractivity contribution in [1.82, 2.24) is 15.5 Å². The average Bonchev–Trinajstić information content (AvgIpc) is 3.24. The zero-order chi connectivity index (χ0) is 18.4. The molecule has 0 spiro atoms. The molecule has 3 rings (SSSR count). The smallest absolute Gasteiger partial charge is 0.344 e. The number of carbonyl (C=O) groups excluding carboxylic acids is 2. The fourth-order valence-electron chi connectivity index (χ4n) is 2.46. The summed E-state index contributed by atoms with van der Waals surface area (Å²) in [5.41, 5.74) is 2.18. The first kappa shape index (κ1) is 17.5. The largest absolute Gasteiger partial charge is 0.463 e. The molecule has 0 saturated heterocycles. The van der Waals surface area contributed by atoms with Gasteiger partial charge in [-0.2, -0.15) is 0 Å². The van der Waals surface area contributed by atoms with Gasteiger partial charge < -0.3 is 24.3 Å². The van der Waals surface area contributed by atoms with Crippen molar-refractivity contribution in [2.75, 3.05) is 19.8 Å². The van der Waals surface area contributed by atoms with Crippen LogP contribution in [0.5, 0.6) is 5.88 Å². The first-order valence-electron chi connectivity index (χ1n) is 8.15. The third-order valence-corrected chi connectivity index (χ3v) is 3.70. The molecule has 8 heteroatoms. The van der Waals surface area contributed by atoms with E-state index in [0.717, 1.165) is 16.5 Å². The molecular weight excluding hydrogens is 338 g/mol. The quantitative estimate of drug-likeness (QED) is 0.595. The molecule has 0 unspecified atom stereocenters. The van der Waals surface area contributed by atoms with Crippen LogP contribution < -0.4 is 10.1 Å². The van der Waals surface area contributed by atoms with Gasteiger partial charge in [0.2, 0.25) is 0 Å². The van der Waals surface area contributed by atoms with Crippen molar-refractivity contribution in [3.05, 3.63) is 47.9 Å². The number of carbonyl (C=O) groups is 2. The Hall–Kier alpha value is -3.29. The summed E-state index contributed by atoms with van der Waals surface area (Å²) in [6.07, 6.45) is 2.61. The predicted octanol–water partition coefficient (Wildman–Crippen LogP) is 1.75. The van der Waals surface area contributed by atoms with Crippen molar-refractivity contribution < 1.29 is 23.6 Å². The van der Waals surface area contributed by atoms with Crippen molar-refractivity contribution in [3.63, 3.8) is 0 Å². The molecule has 0 fully saturated rings. The van der Waals surface area contributed by atoms with Gasteiger partial charge in [-0.15, -0.1) is 0 Å². The third-order valence-electron chi connectivity index (χ3n) is 3.70. The van der Waals surface area contributed by atoms with E-state index in [1.54, 1.807) is 13.0 Å². The van der Waals surface area contributed by atoms with E-state index in [4.69, 9.17) is 14.0 Å². The highest BCUT2D eigenvalue weighted by Crippen LogP contribution is 2.17. The van der Waals surface area contributed by atoms with Crippen molar-refractivity contribution >= 4 is 22.8 Å². The highest BCUT2D eigenvalue weighted by atomic mass is 16.6. The second-order valence-electron chi connectivity index (χ2n) is 5.68. The number of aromatic nitrogens is 2. The standard InChI is InChI=1S/C18H19N3O5/c1-12-8-17(21-26-12)24-11-18(23)25-10-16(22)19-7-6-13-9-20-15-5-3-2-4-14(13)15/h2-5,8-9,20H,6-7,10-11H2,1H3,(H,19,22). The number of fused-ring (bicyclic) bond motifs is 1. The number of para-hydroxylation sites is 1. The van der Waals surface area contributed by atoms with Gasteiger partial charge in [0, 0.05) is 29.7 Å². The van der Waals surface area contributed by atoms with Crippen LogP contribution in [-0.4, -0.2) is 41.8 Å². The minimum Gasteiger partial charge on any atom is -0.463 e. The van der Waals surface area contributed by atoms with E-state index in [9.17, 15) is 9.59 Å². The molecule has 136 valence electrons. The molecule has 8 nitrogen and oxygen atoms in total. The number of aromatic amines is 1. The average molecular weight is 357 g/mol. The molecule has 0 aliphatic carbocycles. The van der Waals surface area contributed by atoms with Gasteiger partial charge in [-0.25, -0.2) is 4.79 Å². The molecule has 0 radical (unpaired) electrons. The van der Waals surface area contributed by atoms with Gasteiger partial charge >= 0.3 is 5.97 Å². The summed E-state index contributed by atoms with van der Waals surface area (Å²) in [6.45, 7) is 1.47. The molecule has 0 aliphatic heterocycles. The molecule has 2 aromatic heterocycles. The molecule has 2 heterocycles. The Labute approximate surface area is 149 Å². The number of hydrogen-bond acceptors (Lipinski definition) is 6. The van der Waals surface area contributed by atoms with Gasteiger partial charge in [0.1, 0.15) is 5.76 Å². The number of aryl methyl sites for hydroxylation is 1. The van der Waals surface area contributed by atoms with Gasteiger partial charge in [0.25, 0.3) is 11.8 Å². The summed E-state index contributed by atoms with van der Waals surface area (Å²) >= 11 is 0. The summed E-state index contributed by atoms with van der Waals surface area (Å²) in [5, 5.41) is 7.44. The highest BCUT2D eigenvalue weighted by Gasteiger charge is 2.10. The summed E-state index contributed by atoms with van der Waals surface area (Å²) in [4.78, 5) is 26.5. The minimum absolute atomic E-state index is 0.197. The van der Waals surface area contributed by atoms with Gasteiger partial charge in [0.05, 0.1) is 0 Å². The lowest BCUT2D eigenvalue weighted by Gasteiger charge is -2.06. The van der Waals surface area contributed by atoms with E-state index in [0.29, 0.717) is 18.7 Å². The Morgan fingerprint density at radius 3 is 2.92 bits per heavy atom. The topological polar surface area (TPSA) is 106 Å². The molecular formula is C18H19N3O5. The van der Waals surface area contributed by atoms with E-state index in [2.05, 4.69) is 15.5 Å². The van der Waals surface area contributed by atoms with Crippen molar-refractivity contribution in [1.29, 1.82) is 0 Å². The minimum atomic E-state index is -0.655. The number of amides is 1. The number of rotatable bonds is 8. The normalized spacial score (nSPS) is 10.7. The van der Waals surface area contributed by atoms with Crippen molar-refractivity contribution in [2.24, 2.45) is 0 Å². The van der Waals surface area contributed by atoms with Crippen molar-refractivity contribution in [3.8, 4) is 5.88 Å². The summed E-state index contributed by atoms with van der Waals surface area (Å²) in [5.74, 6) is -0.251. The second-order valence-corrected chi connectivity index (χ2v) is 5.68. The van der Waals surface area contributed by atoms with Crippen LogP contribution in [0.2, 0.25) is 0 Å². The Kier molecular flexibility index (Phi) is 5.52. The Morgan fingerprint density at radius 1 is 1.27 bits per heavy atom. The van der Waals surface area contributed by atoms with Gasteiger partial charge in [-0.05, 0) is 30.1 Å². The number of benzene rings is 1. The highest BCUT2D eigenvalue weighted by molar-refractivity contribution is 5.83. The zero-order valence-electron chi connectivity index (χ0n) is 14.3. The van der Waals surface area contributed by atoms with Gasteiger partial charge in [-0.1, -0.05) is 18.2 Å². The number of hydrogen-bond donors (Lipinski definition) is 2. The molecule has 1 amide bonds.